The molecule has 0 radical (unpaired) electrons. The largest absolute Gasteiger partial charge is 0.493 e. The molecule has 0 unspecified atom stereocenters. The number of hydrogen-bond acceptors (Lipinski definition) is 3. The molecule has 0 saturated heterocycles. The number of anilines is 2. The highest BCUT2D eigenvalue weighted by molar-refractivity contribution is 5.57. The molecule has 2 aromatic carbocycles. The number of nitrogen functional groups attached to an aromatic ring is 2. The highest BCUT2D eigenvalue weighted by Gasteiger charge is 2.07. The Bertz CT molecular complexity index is 552. The Kier molecular flexibility index (Phi) is 4.29. The van der Waals surface area contributed by atoms with Gasteiger partial charge in [-0.15, -0.1) is 0 Å². The summed E-state index contributed by atoms with van der Waals surface area (Å²) in [6, 6.07) is 13.6. The normalized spacial score (nSPS) is 10.4. The topological polar surface area (TPSA) is 61.3 Å². The van der Waals surface area contributed by atoms with Crippen LogP contribution in [0.3, 0.4) is 0 Å². The summed E-state index contributed by atoms with van der Waals surface area (Å²) in [5.41, 5.74) is 15.5. The number of rotatable bonds is 5. The molecule has 0 aromatic heterocycles. The summed E-state index contributed by atoms with van der Waals surface area (Å²) in [7, 11) is 0. The third kappa shape index (κ3) is 3.41. The predicted octanol–water partition coefficient (Wildman–Crippen LogP) is 3.23. The molecular weight excluding hydrogens is 236 g/mol. The molecule has 0 atom stereocenters. The van der Waals surface area contributed by atoms with Gasteiger partial charge in [0.15, 0.2) is 0 Å². The zero-order valence-corrected chi connectivity index (χ0v) is 11.2. The maximum atomic E-state index is 5.99. The smallest absolute Gasteiger partial charge is 0.122 e. The molecule has 2 rings (SSSR count). The van der Waals surface area contributed by atoms with Crippen molar-refractivity contribution in [2.45, 2.75) is 19.8 Å². The summed E-state index contributed by atoms with van der Waals surface area (Å²) in [4.78, 5) is 0. The van der Waals surface area contributed by atoms with E-state index in [1.165, 1.54) is 0 Å². The summed E-state index contributed by atoms with van der Waals surface area (Å²) in [5, 5.41) is 0. The van der Waals surface area contributed by atoms with Crippen LogP contribution < -0.4 is 16.2 Å². The summed E-state index contributed by atoms with van der Waals surface area (Å²) in [6.07, 6.45) is 1.73. The van der Waals surface area contributed by atoms with E-state index in [0.717, 1.165) is 47.7 Å². The molecule has 0 saturated carbocycles. The number of benzene rings is 2. The average Bonchev–Trinajstić information content (AvgIpc) is 2.42. The van der Waals surface area contributed by atoms with Gasteiger partial charge in [-0.25, -0.2) is 0 Å². The van der Waals surface area contributed by atoms with E-state index in [1.54, 1.807) is 0 Å². The van der Waals surface area contributed by atoms with Crippen LogP contribution in [0.25, 0.3) is 0 Å². The fourth-order valence-corrected chi connectivity index (χ4v) is 1.99. The SMILES string of the molecule is CCCOc1ccccc1Cc1cc(N)ccc1N. The van der Waals surface area contributed by atoms with Crippen LogP contribution in [-0.2, 0) is 6.42 Å². The van der Waals surface area contributed by atoms with Crippen molar-refractivity contribution in [3.63, 3.8) is 0 Å². The maximum Gasteiger partial charge on any atom is 0.122 e. The highest BCUT2D eigenvalue weighted by Crippen LogP contribution is 2.25. The standard InChI is InChI=1S/C16H20N2O/c1-2-9-19-16-6-4-3-5-12(16)10-13-11-14(17)7-8-15(13)18/h3-8,11H,2,9-10,17-18H2,1H3. The van der Waals surface area contributed by atoms with E-state index < -0.39 is 0 Å². The van der Waals surface area contributed by atoms with E-state index in [4.69, 9.17) is 16.2 Å². The monoisotopic (exact) mass is 256 g/mol. The minimum atomic E-state index is 0.726. The van der Waals surface area contributed by atoms with Crippen LogP contribution in [-0.4, -0.2) is 6.61 Å². The fraction of sp³-hybridized carbons (Fsp3) is 0.250. The molecule has 0 bridgehead atoms. The van der Waals surface area contributed by atoms with E-state index in [0.29, 0.717) is 0 Å². The van der Waals surface area contributed by atoms with Crippen molar-refractivity contribution in [1.82, 2.24) is 0 Å². The van der Waals surface area contributed by atoms with Crippen molar-refractivity contribution >= 4 is 11.4 Å². The molecule has 19 heavy (non-hydrogen) atoms. The second-order valence-electron chi connectivity index (χ2n) is 4.59. The first-order chi connectivity index (χ1) is 9.20. The number of para-hydroxylation sites is 1. The lowest BCUT2D eigenvalue weighted by Crippen LogP contribution is -2.02. The Labute approximate surface area is 114 Å². The van der Waals surface area contributed by atoms with Crippen LogP contribution in [0.5, 0.6) is 5.75 Å². The molecule has 0 aliphatic rings. The minimum Gasteiger partial charge on any atom is -0.493 e. The van der Waals surface area contributed by atoms with Crippen LogP contribution in [0.4, 0.5) is 11.4 Å². The Hall–Kier alpha value is -2.16. The molecule has 0 aliphatic heterocycles. The molecule has 0 amide bonds. The van der Waals surface area contributed by atoms with Gasteiger partial charge in [0.1, 0.15) is 5.75 Å². The third-order valence-corrected chi connectivity index (χ3v) is 2.98. The molecule has 0 heterocycles. The summed E-state index contributed by atoms with van der Waals surface area (Å²) >= 11 is 0. The molecule has 0 fully saturated rings. The van der Waals surface area contributed by atoms with E-state index in [-0.39, 0.29) is 0 Å². The van der Waals surface area contributed by atoms with Gasteiger partial charge in [0.2, 0.25) is 0 Å². The molecule has 3 heteroatoms. The summed E-state index contributed by atoms with van der Waals surface area (Å²) in [6.45, 7) is 2.82. The van der Waals surface area contributed by atoms with Crippen LogP contribution in [0.2, 0.25) is 0 Å². The Morgan fingerprint density at radius 3 is 2.58 bits per heavy atom. The van der Waals surface area contributed by atoms with Gasteiger partial charge >= 0.3 is 0 Å². The lowest BCUT2D eigenvalue weighted by Gasteiger charge is -2.12. The first kappa shape index (κ1) is 13.3. The van der Waals surface area contributed by atoms with Gasteiger partial charge in [0, 0.05) is 17.8 Å². The van der Waals surface area contributed by atoms with Crippen LogP contribution in [0.15, 0.2) is 42.5 Å². The number of nitrogens with two attached hydrogens (primary N) is 2. The Morgan fingerprint density at radius 2 is 1.79 bits per heavy atom. The second kappa shape index (κ2) is 6.14. The van der Waals surface area contributed by atoms with Crippen molar-refractivity contribution < 1.29 is 4.74 Å². The first-order valence-corrected chi connectivity index (χ1v) is 6.55. The van der Waals surface area contributed by atoms with Gasteiger partial charge in [-0.05, 0) is 41.8 Å². The van der Waals surface area contributed by atoms with E-state index in [2.05, 4.69) is 13.0 Å². The van der Waals surface area contributed by atoms with Gasteiger partial charge in [-0.1, -0.05) is 25.1 Å². The average molecular weight is 256 g/mol. The second-order valence-corrected chi connectivity index (χ2v) is 4.59. The quantitative estimate of drug-likeness (QED) is 0.807. The molecule has 4 N–H and O–H groups in total. The van der Waals surface area contributed by atoms with Crippen LogP contribution in [0, 0.1) is 0 Å². The van der Waals surface area contributed by atoms with Gasteiger partial charge in [-0.2, -0.15) is 0 Å². The minimum absolute atomic E-state index is 0.726. The number of hydrogen-bond donors (Lipinski definition) is 2. The first-order valence-electron chi connectivity index (χ1n) is 6.55. The third-order valence-electron chi connectivity index (χ3n) is 2.98. The van der Waals surface area contributed by atoms with Crippen molar-refractivity contribution in [3.8, 4) is 5.75 Å². The molecule has 100 valence electrons. The maximum absolute atomic E-state index is 5.99. The molecule has 0 aliphatic carbocycles. The van der Waals surface area contributed by atoms with Gasteiger partial charge in [0.05, 0.1) is 6.61 Å². The van der Waals surface area contributed by atoms with Crippen molar-refractivity contribution in [2.24, 2.45) is 0 Å². The Morgan fingerprint density at radius 1 is 1.00 bits per heavy atom. The zero-order chi connectivity index (χ0) is 13.7. The lowest BCUT2D eigenvalue weighted by molar-refractivity contribution is 0.314. The lowest BCUT2D eigenvalue weighted by atomic mass is 10.0. The Balaban J connectivity index is 2.25. The van der Waals surface area contributed by atoms with Crippen LogP contribution >= 0.6 is 0 Å². The molecule has 3 nitrogen and oxygen atoms in total. The van der Waals surface area contributed by atoms with Crippen molar-refractivity contribution in [2.75, 3.05) is 18.1 Å². The van der Waals surface area contributed by atoms with Gasteiger partial charge < -0.3 is 16.2 Å². The van der Waals surface area contributed by atoms with Gasteiger partial charge in [-0.3, -0.25) is 0 Å². The van der Waals surface area contributed by atoms with E-state index >= 15 is 0 Å². The highest BCUT2D eigenvalue weighted by atomic mass is 16.5. The zero-order valence-electron chi connectivity index (χ0n) is 11.2. The number of ether oxygens (including phenoxy) is 1. The van der Waals surface area contributed by atoms with E-state index in [9.17, 15) is 0 Å². The van der Waals surface area contributed by atoms with Gasteiger partial charge in [0.25, 0.3) is 0 Å². The van der Waals surface area contributed by atoms with E-state index in [1.807, 2.05) is 36.4 Å². The molecular formula is C16H20N2O. The van der Waals surface area contributed by atoms with Crippen LogP contribution in [0.1, 0.15) is 24.5 Å². The molecule has 0 spiro atoms. The van der Waals surface area contributed by atoms with Crippen molar-refractivity contribution in [3.05, 3.63) is 53.6 Å². The summed E-state index contributed by atoms with van der Waals surface area (Å²) < 4.78 is 5.76. The van der Waals surface area contributed by atoms with Crippen molar-refractivity contribution in [1.29, 1.82) is 0 Å². The predicted molar refractivity (Wildman–Crippen MR) is 80.3 cm³/mol. The molecule has 2 aromatic rings. The summed E-state index contributed by atoms with van der Waals surface area (Å²) in [5.74, 6) is 0.922. The fourth-order valence-electron chi connectivity index (χ4n) is 1.99.